The topological polar surface area (TPSA) is 97.5 Å². The molecule has 1 saturated heterocycles. The van der Waals surface area contributed by atoms with Crippen LogP contribution in [0.15, 0.2) is 34.1 Å². The second kappa shape index (κ2) is 6.27. The SMILES string of the molecule is C[C@@H](N)[C@@H]1CCCCN1S(=O)(=O)c1ccccc1S(C)(=O)=O. The van der Waals surface area contributed by atoms with Crippen LogP contribution < -0.4 is 5.73 Å². The number of nitrogens with zero attached hydrogens (tertiary/aromatic N) is 1. The zero-order chi connectivity index (χ0) is 16.5. The minimum Gasteiger partial charge on any atom is -0.326 e. The second-order valence-corrected chi connectivity index (χ2v) is 9.60. The Morgan fingerprint density at radius 1 is 1.14 bits per heavy atom. The number of benzene rings is 1. The molecule has 0 saturated carbocycles. The molecule has 22 heavy (non-hydrogen) atoms. The smallest absolute Gasteiger partial charge is 0.244 e. The molecule has 6 nitrogen and oxygen atoms in total. The van der Waals surface area contributed by atoms with E-state index in [4.69, 9.17) is 5.73 Å². The van der Waals surface area contributed by atoms with Gasteiger partial charge in [-0.25, -0.2) is 16.8 Å². The fourth-order valence-electron chi connectivity index (χ4n) is 2.85. The van der Waals surface area contributed by atoms with E-state index in [1.165, 1.54) is 28.6 Å². The molecule has 1 heterocycles. The number of rotatable bonds is 4. The molecule has 1 aromatic carbocycles. The van der Waals surface area contributed by atoms with Crippen LogP contribution in [0.25, 0.3) is 0 Å². The molecule has 1 fully saturated rings. The minimum absolute atomic E-state index is 0.162. The normalized spacial score (nSPS) is 22.4. The van der Waals surface area contributed by atoms with E-state index in [1.54, 1.807) is 6.92 Å². The van der Waals surface area contributed by atoms with Gasteiger partial charge in [-0.05, 0) is 31.9 Å². The maximum absolute atomic E-state index is 13.0. The summed E-state index contributed by atoms with van der Waals surface area (Å²) in [6, 6.07) is 5.12. The van der Waals surface area contributed by atoms with Crippen LogP contribution in [0.3, 0.4) is 0 Å². The Hall–Kier alpha value is -0.960. The molecule has 0 amide bonds. The van der Waals surface area contributed by atoms with Crippen molar-refractivity contribution in [3.05, 3.63) is 24.3 Å². The van der Waals surface area contributed by atoms with E-state index in [2.05, 4.69) is 0 Å². The third kappa shape index (κ3) is 3.34. The number of sulfonamides is 1. The molecule has 8 heteroatoms. The lowest BCUT2D eigenvalue weighted by molar-refractivity contribution is 0.227. The van der Waals surface area contributed by atoms with Gasteiger partial charge in [0, 0.05) is 24.9 Å². The lowest BCUT2D eigenvalue weighted by Gasteiger charge is -2.37. The van der Waals surface area contributed by atoms with E-state index in [0.29, 0.717) is 13.0 Å². The van der Waals surface area contributed by atoms with Crippen LogP contribution in [0.5, 0.6) is 0 Å². The summed E-state index contributed by atoms with van der Waals surface area (Å²) in [6.45, 7) is 2.15. The van der Waals surface area contributed by atoms with Gasteiger partial charge in [-0.1, -0.05) is 18.6 Å². The first kappa shape index (κ1) is 17.4. The van der Waals surface area contributed by atoms with E-state index in [9.17, 15) is 16.8 Å². The number of sulfone groups is 1. The molecular weight excluding hydrogens is 324 g/mol. The Morgan fingerprint density at radius 3 is 2.27 bits per heavy atom. The van der Waals surface area contributed by atoms with Crippen molar-refractivity contribution in [1.82, 2.24) is 4.31 Å². The van der Waals surface area contributed by atoms with Gasteiger partial charge in [0.1, 0.15) is 4.90 Å². The van der Waals surface area contributed by atoms with Gasteiger partial charge in [0.25, 0.3) is 0 Å². The Labute approximate surface area is 132 Å². The van der Waals surface area contributed by atoms with Crippen molar-refractivity contribution >= 4 is 19.9 Å². The highest BCUT2D eigenvalue weighted by Crippen LogP contribution is 2.30. The van der Waals surface area contributed by atoms with E-state index in [-0.39, 0.29) is 21.9 Å². The fourth-order valence-corrected chi connectivity index (χ4v) is 6.23. The van der Waals surface area contributed by atoms with Crippen LogP contribution in [0.4, 0.5) is 0 Å². The molecule has 0 radical (unpaired) electrons. The zero-order valence-corrected chi connectivity index (χ0v) is 14.4. The molecule has 0 aromatic heterocycles. The van der Waals surface area contributed by atoms with Crippen molar-refractivity contribution in [1.29, 1.82) is 0 Å². The molecule has 0 spiro atoms. The van der Waals surface area contributed by atoms with Crippen LogP contribution >= 0.6 is 0 Å². The standard InChI is InChI=1S/C14H22N2O4S2/c1-11(15)12-7-5-6-10-16(12)22(19,20)14-9-4-3-8-13(14)21(2,17)18/h3-4,8-9,11-12H,5-7,10,15H2,1-2H3/t11-,12+/m1/s1. The molecule has 0 bridgehead atoms. The summed E-state index contributed by atoms with van der Waals surface area (Å²) < 4.78 is 51.1. The van der Waals surface area contributed by atoms with E-state index >= 15 is 0 Å². The monoisotopic (exact) mass is 346 g/mol. The van der Waals surface area contributed by atoms with Crippen molar-refractivity contribution in [3.63, 3.8) is 0 Å². The molecule has 2 rings (SSSR count). The summed E-state index contributed by atoms with van der Waals surface area (Å²) in [6.07, 6.45) is 3.38. The van der Waals surface area contributed by atoms with Gasteiger partial charge < -0.3 is 5.73 Å². The quantitative estimate of drug-likeness (QED) is 0.876. The first-order chi connectivity index (χ1) is 10.2. The number of piperidine rings is 1. The first-order valence-corrected chi connectivity index (χ1v) is 10.6. The van der Waals surface area contributed by atoms with Crippen molar-refractivity contribution in [2.75, 3.05) is 12.8 Å². The average molecular weight is 346 g/mol. The predicted molar refractivity (Wildman–Crippen MR) is 84.7 cm³/mol. The molecule has 2 atom stereocenters. The highest BCUT2D eigenvalue weighted by atomic mass is 32.2. The minimum atomic E-state index is -3.90. The highest BCUT2D eigenvalue weighted by Gasteiger charge is 2.37. The maximum atomic E-state index is 13.0. The second-order valence-electron chi connectivity index (χ2n) is 5.76. The Kier molecular flexibility index (Phi) is 4.96. The van der Waals surface area contributed by atoms with Crippen molar-refractivity contribution < 1.29 is 16.8 Å². The summed E-state index contributed by atoms with van der Waals surface area (Å²) in [7, 11) is -7.53. The average Bonchev–Trinajstić information content (AvgIpc) is 2.46. The van der Waals surface area contributed by atoms with Gasteiger partial charge in [0.2, 0.25) is 10.0 Å². The summed E-state index contributed by atoms with van der Waals surface area (Å²) in [4.78, 5) is -0.325. The lowest BCUT2D eigenvalue weighted by Crippen LogP contribution is -2.51. The van der Waals surface area contributed by atoms with E-state index in [0.717, 1.165) is 19.1 Å². The Morgan fingerprint density at radius 2 is 1.73 bits per heavy atom. The van der Waals surface area contributed by atoms with Crippen LogP contribution in [-0.2, 0) is 19.9 Å². The van der Waals surface area contributed by atoms with Gasteiger partial charge >= 0.3 is 0 Å². The van der Waals surface area contributed by atoms with Gasteiger partial charge in [-0.15, -0.1) is 0 Å². The molecule has 124 valence electrons. The predicted octanol–water partition coefficient (Wildman–Crippen LogP) is 0.980. The summed E-state index contributed by atoms with van der Waals surface area (Å²) in [5.74, 6) is 0. The Bertz CT molecular complexity index is 742. The van der Waals surface area contributed by atoms with E-state index in [1.807, 2.05) is 0 Å². The number of nitrogens with two attached hydrogens (primary N) is 1. The largest absolute Gasteiger partial charge is 0.326 e. The summed E-state index contributed by atoms with van der Waals surface area (Å²) in [5.41, 5.74) is 5.93. The number of hydrogen-bond acceptors (Lipinski definition) is 5. The Balaban J connectivity index is 2.56. The van der Waals surface area contributed by atoms with Crippen LogP contribution in [0.2, 0.25) is 0 Å². The fraction of sp³-hybridized carbons (Fsp3) is 0.571. The first-order valence-electron chi connectivity index (χ1n) is 7.22. The van der Waals surface area contributed by atoms with Crippen molar-refractivity contribution in [2.24, 2.45) is 5.73 Å². The third-order valence-corrected chi connectivity index (χ3v) is 7.21. The lowest BCUT2D eigenvalue weighted by atomic mass is 10.00. The number of hydrogen-bond donors (Lipinski definition) is 1. The summed E-state index contributed by atoms with van der Waals surface area (Å²) >= 11 is 0. The molecule has 2 N–H and O–H groups in total. The molecule has 1 aromatic rings. The maximum Gasteiger partial charge on any atom is 0.244 e. The van der Waals surface area contributed by atoms with Crippen LogP contribution in [0, 0.1) is 0 Å². The molecule has 0 aliphatic carbocycles. The highest BCUT2D eigenvalue weighted by molar-refractivity contribution is 7.93. The van der Waals surface area contributed by atoms with E-state index < -0.39 is 19.9 Å². The van der Waals surface area contributed by atoms with Crippen LogP contribution in [-0.4, -0.2) is 46.0 Å². The summed E-state index contributed by atoms with van der Waals surface area (Å²) in [5, 5.41) is 0. The van der Waals surface area contributed by atoms with Crippen molar-refractivity contribution in [2.45, 2.75) is 48.1 Å². The zero-order valence-electron chi connectivity index (χ0n) is 12.8. The molecule has 0 unspecified atom stereocenters. The molecule has 1 aliphatic rings. The van der Waals surface area contributed by atoms with Crippen molar-refractivity contribution in [3.8, 4) is 0 Å². The van der Waals surface area contributed by atoms with Gasteiger partial charge in [0.15, 0.2) is 9.84 Å². The van der Waals surface area contributed by atoms with Gasteiger partial charge in [-0.3, -0.25) is 0 Å². The molecular formula is C14H22N2O4S2. The van der Waals surface area contributed by atoms with Gasteiger partial charge in [-0.2, -0.15) is 4.31 Å². The molecule has 1 aliphatic heterocycles. The van der Waals surface area contributed by atoms with Crippen LogP contribution in [0.1, 0.15) is 26.2 Å². The third-order valence-electron chi connectivity index (χ3n) is 3.94. The van der Waals surface area contributed by atoms with Gasteiger partial charge in [0.05, 0.1) is 4.90 Å².